The number of halogens is 1. The average molecular weight is 404 g/mol. The van der Waals surface area contributed by atoms with Crippen LogP contribution in [-0.4, -0.2) is 33.7 Å². The van der Waals surface area contributed by atoms with Gasteiger partial charge in [-0.3, -0.25) is 4.79 Å². The van der Waals surface area contributed by atoms with Crippen molar-refractivity contribution in [1.29, 1.82) is 0 Å². The van der Waals surface area contributed by atoms with Crippen molar-refractivity contribution in [2.24, 2.45) is 0 Å². The molecule has 0 fully saturated rings. The third-order valence-electron chi connectivity index (χ3n) is 3.74. The van der Waals surface area contributed by atoms with Crippen molar-refractivity contribution in [3.63, 3.8) is 0 Å². The minimum Gasteiger partial charge on any atom is -0.496 e. The van der Waals surface area contributed by atoms with E-state index >= 15 is 0 Å². The van der Waals surface area contributed by atoms with Gasteiger partial charge in [-0.25, -0.2) is 0 Å². The molecule has 0 spiro atoms. The molecule has 4 nitrogen and oxygen atoms in total. The standard InChI is InChI=1S/C20H23BrN2O2/c1-23(2)14-18(15-7-5-4-6-8-15)22-20(24)12-9-16-13-17(21)10-11-19(16)25-3/h4-13,18H,14H2,1-3H3,(H,22,24)/p+1/b12-9+/t18-/m1/s1. The number of hydrogen-bond acceptors (Lipinski definition) is 2. The van der Waals surface area contributed by atoms with Gasteiger partial charge in [0.25, 0.3) is 0 Å². The van der Waals surface area contributed by atoms with E-state index in [9.17, 15) is 4.79 Å². The van der Waals surface area contributed by atoms with Gasteiger partial charge in [-0.15, -0.1) is 0 Å². The number of likely N-dealkylation sites (N-methyl/N-ethyl adjacent to an activating group) is 1. The first-order chi connectivity index (χ1) is 12.0. The Labute approximate surface area is 157 Å². The summed E-state index contributed by atoms with van der Waals surface area (Å²) in [5.41, 5.74) is 1.95. The first-order valence-corrected chi connectivity index (χ1v) is 8.95. The zero-order valence-electron chi connectivity index (χ0n) is 14.8. The van der Waals surface area contributed by atoms with Gasteiger partial charge in [0.05, 0.1) is 21.2 Å². The minimum atomic E-state index is -0.128. The zero-order chi connectivity index (χ0) is 18.2. The topological polar surface area (TPSA) is 42.8 Å². The zero-order valence-corrected chi connectivity index (χ0v) is 16.3. The monoisotopic (exact) mass is 403 g/mol. The number of nitrogens with one attached hydrogen (secondary N) is 2. The third kappa shape index (κ3) is 6.03. The molecule has 0 aromatic heterocycles. The van der Waals surface area contributed by atoms with E-state index in [1.54, 1.807) is 19.3 Å². The average Bonchev–Trinajstić information content (AvgIpc) is 2.60. The van der Waals surface area contributed by atoms with Crippen LogP contribution in [0.5, 0.6) is 5.75 Å². The number of carbonyl (C=O) groups excluding carboxylic acids is 1. The number of carbonyl (C=O) groups is 1. The van der Waals surface area contributed by atoms with Gasteiger partial charge in [-0.05, 0) is 29.8 Å². The number of hydrogen-bond donors (Lipinski definition) is 2. The number of ether oxygens (including phenoxy) is 1. The molecule has 0 bridgehead atoms. The normalized spacial score (nSPS) is 12.4. The maximum atomic E-state index is 12.4. The minimum absolute atomic E-state index is 0.0345. The van der Waals surface area contributed by atoms with Gasteiger partial charge in [0.1, 0.15) is 18.3 Å². The highest BCUT2D eigenvalue weighted by Crippen LogP contribution is 2.24. The third-order valence-corrected chi connectivity index (χ3v) is 4.23. The molecule has 25 heavy (non-hydrogen) atoms. The summed E-state index contributed by atoms with van der Waals surface area (Å²) in [5.74, 6) is 0.599. The van der Waals surface area contributed by atoms with Gasteiger partial charge in [0.2, 0.25) is 5.91 Å². The maximum absolute atomic E-state index is 12.4. The van der Waals surface area contributed by atoms with Crippen LogP contribution >= 0.6 is 15.9 Å². The van der Waals surface area contributed by atoms with Gasteiger partial charge >= 0.3 is 0 Å². The van der Waals surface area contributed by atoms with Crippen LogP contribution in [0.4, 0.5) is 0 Å². The lowest BCUT2D eigenvalue weighted by Gasteiger charge is -2.20. The summed E-state index contributed by atoms with van der Waals surface area (Å²) < 4.78 is 6.27. The van der Waals surface area contributed by atoms with Crippen LogP contribution in [0.1, 0.15) is 17.2 Å². The Morgan fingerprint density at radius 2 is 1.96 bits per heavy atom. The first-order valence-electron chi connectivity index (χ1n) is 8.15. The summed E-state index contributed by atoms with van der Waals surface area (Å²) in [6, 6.07) is 15.7. The Morgan fingerprint density at radius 3 is 2.60 bits per heavy atom. The molecule has 0 aliphatic carbocycles. The van der Waals surface area contributed by atoms with E-state index in [1.807, 2.05) is 48.5 Å². The van der Waals surface area contributed by atoms with Crippen molar-refractivity contribution in [3.8, 4) is 5.75 Å². The van der Waals surface area contributed by atoms with E-state index in [4.69, 9.17) is 4.74 Å². The highest BCUT2D eigenvalue weighted by molar-refractivity contribution is 9.10. The summed E-state index contributed by atoms with van der Waals surface area (Å²) >= 11 is 3.44. The first kappa shape index (κ1) is 19.2. The molecule has 0 heterocycles. The van der Waals surface area contributed by atoms with E-state index in [1.165, 1.54) is 4.90 Å². The summed E-state index contributed by atoms with van der Waals surface area (Å²) in [4.78, 5) is 13.7. The van der Waals surface area contributed by atoms with Crippen LogP contribution < -0.4 is 15.0 Å². The van der Waals surface area contributed by atoms with Gasteiger partial charge in [-0.2, -0.15) is 0 Å². The summed E-state index contributed by atoms with van der Waals surface area (Å²) in [5, 5.41) is 3.09. The molecule has 2 aromatic carbocycles. The summed E-state index contributed by atoms with van der Waals surface area (Å²) in [6.07, 6.45) is 3.31. The quantitative estimate of drug-likeness (QED) is 0.697. The van der Waals surface area contributed by atoms with Gasteiger partial charge in [0.15, 0.2) is 0 Å². The van der Waals surface area contributed by atoms with E-state index in [0.717, 1.165) is 27.9 Å². The number of benzene rings is 2. The van der Waals surface area contributed by atoms with Gasteiger partial charge in [0, 0.05) is 16.1 Å². The number of quaternary nitrogens is 1. The number of methoxy groups -OCH3 is 1. The van der Waals surface area contributed by atoms with Crippen LogP contribution in [-0.2, 0) is 4.79 Å². The van der Waals surface area contributed by atoms with Gasteiger partial charge in [-0.1, -0.05) is 46.3 Å². The second-order valence-corrected chi connectivity index (χ2v) is 7.02. The van der Waals surface area contributed by atoms with Crippen LogP contribution in [0.25, 0.3) is 6.08 Å². The highest BCUT2D eigenvalue weighted by Gasteiger charge is 2.16. The molecule has 0 saturated carbocycles. The van der Waals surface area contributed by atoms with Gasteiger partial charge < -0.3 is 15.0 Å². The van der Waals surface area contributed by atoms with Crippen LogP contribution in [0.15, 0.2) is 59.1 Å². The lowest BCUT2D eigenvalue weighted by Crippen LogP contribution is -3.06. The van der Waals surface area contributed by atoms with Crippen molar-refractivity contribution in [1.82, 2.24) is 5.32 Å². The molecular formula is C20H24BrN2O2+. The van der Waals surface area contributed by atoms with E-state index in [-0.39, 0.29) is 11.9 Å². The Kier molecular flexibility index (Phi) is 7.22. The van der Waals surface area contributed by atoms with Crippen LogP contribution in [0.3, 0.4) is 0 Å². The largest absolute Gasteiger partial charge is 0.496 e. The van der Waals surface area contributed by atoms with E-state index in [0.29, 0.717) is 0 Å². The molecule has 0 radical (unpaired) electrons. The van der Waals surface area contributed by atoms with E-state index < -0.39 is 0 Å². The molecular weight excluding hydrogens is 380 g/mol. The fourth-order valence-electron chi connectivity index (χ4n) is 2.57. The summed E-state index contributed by atoms with van der Waals surface area (Å²) in [6.45, 7) is 0.809. The van der Waals surface area contributed by atoms with Crippen molar-refractivity contribution in [2.75, 3.05) is 27.7 Å². The smallest absolute Gasteiger partial charge is 0.244 e. The molecule has 2 aromatic rings. The fourth-order valence-corrected chi connectivity index (χ4v) is 2.95. The Hall–Kier alpha value is -2.11. The summed E-state index contributed by atoms with van der Waals surface area (Å²) in [7, 11) is 5.76. The van der Waals surface area contributed by atoms with Crippen LogP contribution in [0, 0.1) is 0 Å². The lowest BCUT2D eigenvalue weighted by atomic mass is 10.1. The fraction of sp³-hybridized carbons (Fsp3) is 0.250. The Bertz CT molecular complexity index is 730. The molecule has 0 saturated heterocycles. The maximum Gasteiger partial charge on any atom is 0.244 e. The molecule has 5 heteroatoms. The molecule has 1 amide bonds. The Morgan fingerprint density at radius 1 is 1.24 bits per heavy atom. The molecule has 2 rings (SSSR count). The number of amides is 1. The van der Waals surface area contributed by atoms with Crippen molar-refractivity contribution in [2.45, 2.75) is 6.04 Å². The predicted octanol–water partition coefficient (Wildman–Crippen LogP) is 2.47. The predicted molar refractivity (Wildman–Crippen MR) is 105 cm³/mol. The van der Waals surface area contributed by atoms with Crippen LogP contribution in [0.2, 0.25) is 0 Å². The van der Waals surface area contributed by atoms with E-state index in [2.05, 4.69) is 35.3 Å². The lowest BCUT2D eigenvalue weighted by molar-refractivity contribution is -0.860. The van der Waals surface area contributed by atoms with Crippen molar-refractivity contribution >= 4 is 27.9 Å². The SMILES string of the molecule is COc1ccc(Br)cc1/C=C/C(=O)N[C@H](C[NH+](C)C)c1ccccc1. The molecule has 0 unspecified atom stereocenters. The molecule has 0 aliphatic rings. The highest BCUT2D eigenvalue weighted by atomic mass is 79.9. The molecule has 1 atom stereocenters. The second kappa shape index (κ2) is 9.39. The number of rotatable bonds is 7. The second-order valence-electron chi connectivity index (χ2n) is 6.10. The molecule has 0 aliphatic heterocycles. The van der Waals surface area contributed by atoms with Crippen molar-refractivity contribution in [3.05, 3.63) is 70.2 Å². The Balaban J connectivity index is 2.12. The molecule has 2 N–H and O–H groups in total. The van der Waals surface area contributed by atoms with Crippen molar-refractivity contribution < 1.29 is 14.4 Å². The molecule has 132 valence electrons.